The number of halogens is 3. The molecule has 2 atom stereocenters. The lowest BCUT2D eigenvalue weighted by Crippen LogP contribution is -2.46. The van der Waals surface area contributed by atoms with Crippen LogP contribution in [0, 0.1) is 31.5 Å². The number of nitrogens with zero attached hydrogens (tertiary/aromatic N) is 3. The molecule has 0 unspecified atom stereocenters. The molecule has 2 saturated heterocycles. The maximum absolute atomic E-state index is 14.3. The van der Waals surface area contributed by atoms with Crippen molar-refractivity contribution in [2.75, 3.05) is 51.2 Å². The van der Waals surface area contributed by atoms with Crippen LogP contribution in [0.1, 0.15) is 42.0 Å². The maximum Gasteiger partial charge on any atom is 0.229 e. The van der Waals surface area contributed by atoms with Gasteiger partial charge in [-0.05, 0) is 86.5 Å². The third-order valence-corrected chi connectivity index (χ3v) is 7.58. The van der Waals surface area contributed by atoms with Gasteiger partial charge in [0, 0.05) is 50.9 Å². The van der Waals surface area contributed by atoms with Crippen LogP contribution in [-0.4, -0.2) is 62.0 Å². The quantitative estimate of drug-likeness (QED) is 0.413. The number of likely N-dealkylation sites (N-methyl/N-ethyl adjacent to an activating group) is 1. The van der Waals surface area contributed by atoms with Crippen LogP contribution >= 0.6 is 24.8 Å². The van der Waals surface area contributed by atoms with E-state index in [9.17, 15) is 9.18 Å². The second-order valence-electron chi connectivity index (χ2n) is 10.6. The molecule has 37 heavy (non-hydrogen) atoms. The Hall–Kier alpha value is -1.92. The third kappa shape index (κ3) is 8.03. The minimum atomic E-state index is -0.153. The van der Waals surface area contributed by atoms with Gasteiger partial charge in [-0.3, -0.25) is 4.79 Å². The first-order valence-electron chi connectivity index (χ1n) is 13.0. The van der Waals surface area contributed by atoms with Gasteiger partial charge in [-0.2, -0.15) is 0 Å². The highest BCUT2D eigenvalue weighted by Gasteiger charge is 2.34. The number of hydrogen-bond donors (Lipinski definition) is 0. The Labute approximate surface area is 234 Å². The number of anilines is 1. The SMILES string of the molecule is Cc1cc(/C=C/CCN2CCN(C)CC2)cc(C)c1N1C[C@@H](Cc2ccccc2F)C[C@@H](C)C1=O.Cl.Cl. The molecule has 0 spiro atoms. The lowest BCUT2D eigenvalue weighted by molar-refractivity contribution is -0.124. The van der Waals surface area contributed by atoms with E-state index in [-0.39, 0.29) is 48.4 Å². The predicted octanol–water partition coefficient (Wildman–Crippen LogP) is 6.17. The summed E-state index contributed by atoms with van der Waals surface area (Å²) in [5.74, 6) is 0.206. The molecular formula is C30H42Cl2FN3O. The van der Waals surface area contributed by atoms with Crippen LogP contribution in [0.3, 0.4) is 0 Å². The van der Waals surface area contributed by atoms with Gasteiger partial charge in [0.05, 0.1) is 0 Å². The minimum Gasteiger partial charge on any atom is -0.311 e. The molecule has 0 saturated carbocycles. The van der Waals surface area contributed by atoms with Gasteiger partial charge in [0.2, 0.25) is 5.91 Å². The lowest BCUT2D eigenvalue weighted by atomic mass is 9.84. The summed E-state index contributed by atoms with van der Waals surface area (Å²) in [6.07, 6.45) is 6.98. The molecule has 0 N–H and O–H groups in total. The molecule has 2 heterocycles. The predicted molar refractivity (Wildman–Crippen MR) is 158 cm³/mol. The first-order valence-corrected chi connectivity index (χ1v) is 13.0. The van der Waals surface area contributed by atoms with Crippen molar-refractivity contribution in [2.24, 2.45) is 11.8 Å². The van der Waals surface area contributed by atoms with E-state index in [0.717, 1.165) is 67.9 Å². The van der Waals surface area contributed by atoms with Crippen molar-refractivity contribution in [2.45, 2.75) is 40.0 Å². The summed E-state index contributed by atoms with van der Waals surface area (Å²) in [5, 5.41) is 0. The lowest BCUT2D eigenvalue weighted by Gasteiger charge is -2.38. The van der Waals surface area contributed by atoms with Gasteiger partial charge in [0.1, 0.15) is 5.82 Å². The summed E-state index contributed by atoms with van der Waals surface area (Å²) in [7, 11) is 2.19. The standard InChI is InChI=1S/C30H40FN3O.2ClH/c1-22-17-25(9-7-8-12-33-15-13-32(4)14-16-33)18-23(2)29(22)34-21-26(19-24(3)30(34)35)20-27-10-5-6-11-28(27)31;;/h5-7,9-11,17-18,24,26H,8,12-16,19-21H2,1-4H3;2*1H/b9-7+;;/t24-,26-;;/m1../s1. The molecule has 204 valence electrons. The average molecular weight is 551 g/mol. The first-order chi connectivity index (χ1) is 16.8. The highest BCUT2D eigenvalue weighted by atomic mass is 35.5. The van der Waals surface area contributed by atoms with Gasteiger partial charge in [-0.15, -0.1) is 24.8 Å². The number of carbonyl (C=O) groups excluding carboxylic acids is 1. The molecule has 2 fully saturated rings. The molecule has 0 aromatic heterocycles. The van der Waals surface area contributed by atoms with Crippen LogP contribution in [0.4, 0.5) is 10.1 Å². The monoisotopic (exact) mass is 549 g/mol. The topological polar surface area (TPSA) is 26.8 Å². The van der Waals surface area contributed by atoms with E-state index in [0.29, 0.717) is 13.0 Å². The van der Waals surface area contributed by atoms with Crippen molar-refractivity contribution >= 4 is 42.5 Å². The zero-order chi connectivity index (χ0) is 24.9. The average Bonchev–Trinajstić information content (AvgIpc) is 2.82. The van der Waals surface area contributed by atoms with E-state index in [1.807, 2.05) is 24.0 Å². The fourth-order valence-corrected chi connectivity index (χ4v) is 5.67. The number of hydrogen-bond acceptors (Lipinski definition) is 3. The van der Waals surface area contributed by atoms with Crippen LogP contribution in [0.2, 0.25) is 0 Å². The Balaban J connectivity index is 0.00000241. The molecule has 2 aromatic carbocycles. The highest BCUT2D eigenvalue weighted by molar-refractivity contribution is 5.97. The van der Waals surface area contributed by atoms with Crippen LogP contribution in [0.25, 0.3) is 6.08 Å². The Kier molecular flexibility index (Phi) is 12.1. The van der Waals surface area contributed by atoms with E-state index < -0.39 is 0 Å². The Morgan fingerprint density at radius 3 is 2.32 bits per heavy atom. The summed E-state index contributed by atoms with van der Waals surface area (Å²) in [6.45, 7) is 12.5. The Bertz CT molecular complexity index is 1050. The number of rotatable bonds is 7. The first kappa shape index (κ1) is 31.3. The van der Waals surface area contributed by atoms with E-state index in [2.05, 4.69) is 55.0 Å². The van der Waals surface area contributed by atoms with Crippen molar-refractivity contribution < 1.29 is 9.18 Å². The molecule has 2 aliphatic rings. The van der Waals surface area contributed by atoms with Crippen LogP contribution in [-0.2, 0) is 11.2 Å². The number of piperazine rings is 1. The normalized spacial score (nSPS) is 21.1. The van der Waals surface area contributed by atoms with E-state index in [4.69, 9.17) is 0 Å². The van der Waals surface area contributed by atoms with Gasteiger partial charge in [-0.25, -0.2) is 4.39 Å². The number of benzene rings is 2. The van der Waals surface area contributed by atoms with Crippen molar-refractivity contribution in [3.63, 3.8) is 0 Å². The molecule has 4 rings (SSSR count). The summed E-state index contributed by atoms with van der Waals surface area (Å²) < 4.78 is 14.3. The molecule has 0 aliphatic carbocycles. The zero-order valence-corrected chi connectivity index (χ0v) is 24.2. The van der Waals surface area contributed by atoms with Gasteiger partial charge in [0.15, 0.2) is 0 Å². The molecule has 0 bridgehead atoms. The molecule has 7 heteroatoms. The van der Waals surface area contributed by atoms with E-state index in [1.165, 1.54) is 11.6 Å². The van der Waals surface area contributed by atoms with Crippen LogP contribution in [0.5, 0.6) is 0 Å². The molecule has 4 nitrogen and oxygen atoms in total. The van der Waals surface area contributed by atoms with Crippen molar-refractivity contribution in [3.8, 4) is 0 Å². The molecule has 2 aliphatic heterocycles. The van der Waals surface area contributed by atoms with Crippen LogP contribution in [0.15, 0.2) is 42.5 Å². The number of piperidine rings is 1. The smallest absolute Gasteiger partial charge is 0.229 e. The number of carbonyl (C=O) groups is 1. The molecular weight excluding hydrogens is 508 g/mol. The minimum absolute atomic E-state index is 0. The fourth-order valence-electron chi connectivity index (χ4n) is 5.67. The van der Waals surface area contributed by atoms with Gasteiger partial charge >= 0.3 is 0 Å². The number of aryl methyl sites for hydroxylation is 2. The largest absolute Gasteiger partial charge is 0.311 e. The zero-order valence-electron chi connectivity index (χ0n) is 22.6. The summed E-state index contributed by atoms with van der Waals surface area (Å²) >= 11 is 0. The fraction of sp³-hybridized carbons (Fsp3) is 0.500. The van der Waals surface area contributed by atoms with Crippen molar-refractivity contribution in [1.29, 1.82) is 0 Å². The summed E-state index contributed by atoms with van der Waals surface area (Å²) in [5.41, 5.74) is 5.19. The molecule has 2 aromatic rings. The molecule has 1 amide bonds. The van der Waals surface area contributed by atoms with Gasteiger partial charge < -0.3 is 14.7 Å². The van der Waals surface area contributed by atoms with Crippen LogP contribution < -0.4 is 4.90 Å². The number of amides is 1. The van der Waals surface area contributed by atoms with Crippen molar-refractivity contribution in [1.82, 2.24) is 9.80 Å². The van der Waals surface area contributed by atoms with E-state index >= 15 is 0 Å². The van der Waals surface area contributed by atoms with Gasteiger partial charge in [0.25, 0.3) is 0 Å². The second-order valence-corrected chi connectivity index (χ2v) is 10.6. The summed E-state index contributed by atoms with van der Waals surface area (Å²) in [4.78, 5) is 20.1. The maximum atomic E-state index is 14.3. The second kappa shape index (κ2) is 14.3. The van der Waals surface area contributed by atoms with Crippen molar-refractivity contribution in [3.05, 3.63) is 70.5 Å². The Morgan fingerprint density at radius 2 is 1.68 bits per heavy atom. The molecule has 0 radical (unpaired) electrons. The van der Waals surface area contributed by atoms with E-state index in [1.54, 1.807) is 6.07 Å². The Morgan fingerprint density at radius 1 is 1.03 bits per heavy atom. The summed E-state index contributed by atoms with van der Waals surface area (Å²) in [6, 6.07) is 11.4. The third-order valence-electron chi connectivity index (χ3n) is 7.58. The van der Waals surface area contributed by atoms with Gasteiger partial charge in [-0.1, -0.05) is 37.3 Å². The highest BCUT2D eigenvalue weighted by Crippen LogP contribution is 2.34.